The maximum atomic E-state index is 13.5. The van der Waals surface area contributed by atoms with E-state index in [1.807, 2.05) is 0 Å². The van der Waals surface area contributed by atoms with E-state index in [-0.39, 0.29) is 29.6 Å². The van der Waals surface area contributed by atoms with E-state index < -0.39 is 11.8 Å². The quantitative estimate of drug-likeness (QED) is 0.744. The lowest BCUT2D eigenvalue weighted by atomic mass is 10.1. The third-order valence-corrected chi connectivity index (χ3v) is 2.32. The number of hydrogen-bond donors (Lipinski definition) is 3. The molecule has 0 bridgehead atoms. The number of anilines is 1. The molecule has 1 aromatic rings. The summed E-state index contributed by atoms with van der Waals surface area (Å²) >= 11 is 0. The number of halogens is 1. The average molecular weight is 254 g/mol. The van der Waals surface area contributed by atoms with Crippen molar-refractivity contribution in [3.8, 4) is 0 Å². The average Bonchev–Trinajstić information content (AvgIpc) is 2.29. The highest BCUT2D eigenvalue weighted by atomic mass is 19.1. The third-order valence-electron chi connectivity index (χ3n) is 2.32. The van der Waals surface area contributed by atoms with Crippen LogP contribution in [0.1, 0.15) is 30.1 Å². The predicted octanol–water partition coefficient (Wildman–Crippen LogP) is 1.59. The molecule has 0 saturated heterocycles. The van der Waals surface area contributed by atoms with Gasteiger partial charge in [0.2, 0.25) is 5.91 Å². The van der Waals surface area contributed by atoms with Gasteiger partial charge < -0.3 is 16.2 Å². The second-order valence-electron chi connectivity index (χ2n) is 4.06. The molecule has 0 aliphatic rings. The zero-order chi connectivity index (χ0) is 13.7. The first-order chi connectivity index (χ1) is 8.40. The molecule has 0 aromatic heterocycles. The molecule has 0 radical (unpaired) electrons. The Bertz CT molecular complexity index is 461. The molecule has 0 aliphatic heterocycles. The zero-order valence-corrected chi connectivity index (χ0v) is 9.94. The number of carboxylic acid groups (broad SMARTS) is 1. The number of carboxylic acids is 1. The lowest BCUT2D eigenvalue weighted by molar-refractivity contribution is -0.116. The standard InChI is InChI=1S/C12H15FN2O3/c1-7(14)2-5-11(16)15-10-4-3-8(12(17)18)6-9(10)13/h3-4,6-7H,2,5,14H2,1H3,(H,15,16)(H,17,18). The summed E-state index contributed by atoms with van der Waals surface area (Å²) in [6.07, 6.45) is 0.693. The van der Waals surface area contributed by atoms with Crippen molar-refractivity contribution in [3.63, 3.8) is 0 Å². The van der Waals surface area contributed by atoms with Gasteiger partial charge in [0, 0.05) is 12.5 Å². The molecular weight excluding hydrogens is 239 g/mol. The monoisotopic (exact) mass is 254 g/mol. The van der Waals surface area contributed by atoms with Crippen LogP contribution in [0, 0.1) is 5.82 Å². The van der Waals surface area contributed by atoms with Gasteiger partial charge in [0.1, 0.15) is 5.82 Å². The second kappa shape index (κ2) is 6.11. The first kappa shape index (κ1) is 14.1. The summed E-state index contributed by atoms with van der Waals surface area (Å²) in [4.78, 5) is 22.0. The van der Waals surface area contributed by atoms with Gasteiger partial charge in [-0.05, 0) is 31.5 Å². The van der Waals surface area contributed by atoms with Crippen molar-refractivity contribution < 1.29 is 19.1 Å². The van der Waals surface area contributed by atoms with Crippen molar-refractivity contribution >= 4 is 17.6 Å². The summed E-state index contributed by atoms with van der Waals surface area (Å²) in [5, 5.41) is 11.0. The van der Waals surface area contributed by atoms with Crippen molar-refractivity contribution in [2.45, 2.75) is 25.8 Å². The summed E-state index contributed by atoms with van der Waals surface area (Å²) < 4.78 is 13.5. The molecule has 1 amide bonds. The summed E-state index contributed by atoms with van der Waals surface area (Å²) in [6.45, 7) is 1.77. The number of carbonyl (C=O) groups is 2. The SMILES string of the molecule is CC(N)CCC(=O)Nc1ccc(C(=O)O)cc1F. The molecule has 1 aromatic carbocycles. The number of nitrogens with two attached hydrogens (primary N) is 1. The van der Waals surface area contributed by atoms with Crippen molar-refractivity contribution in [3.05, 3.63) is 29.6 Å². The Balaban J connectivity index is 2.68. The number of aromatic carboxylic acids is 1. The number of hydrogen-bond acceptors (Lipinski definition) is 3. The molecule has 0 aliphatic carbocycles. The van der Waals surface area contributed by atoms with Gasteiger partial charge in [0.05, 0.1) is 11.3 Å². The van der Waals surface area contributed by atoms with Crippen LogP contribution >= 0.6 is 0 Å². The fourth-order valence-electron chi connectivity index (χ4n) is 1.32. The van der Waals surface area contributed by atoms with Crippen LogP contribution in [0.5, 0.6) is 0 Å². The van der Waals surface area contributed by atoms with Gasteiger partial charge in [0.15, 0.2) is 0 Å². The van der Waals surface area contributed by atoms with Crippen LogP contribution in [0.15, 0.2) is 18.2 Å². The minimum absolute atomic E-state index is 0.0327. The van der Waals surface area contributed by atoms with Crippen LogP contribution < -0.4 is 11.1 Å². The molecule has 0 spiro atoms. The van der Waals surface area contributed by atoms with Gasteiger partial charge >= 0.3 is 5.97 Å². The smallest absolute Gasteiger partial charge is 0.335 e. The number of amides is 1. The highest BCUT2D eigenvalue weighted by Gasteiger charge is 2.11. The molecular formula is C12H15FN2O3. The topological polar surface area (TPSA) is 92.4 Å². The van der Waals surface area contributed by atoms with Crippen molar-refractivity contribution in [2.75, 3.05) is 5.32 Å². The number of rotatable bonds is 5. The molecule has 1 unspecified atom stereocenters. The summed E-state index contributed by atoms with van der Waals surface area (Å²) in [5.74, 6) is -2.35. The lowest BCUT2D eigenvalue weighted by Gasteiger charge is -2.08. The molecule has 18 heavy (non-hydrogen) atoms. The Kier molecular flexibility index (Phi) is 4.79. The predicted molar refractivity (Wildman–Crippen MR) is 64.9 cm³/mol. The van der Waals surface area contributed by atoms with E-state index in [0.717, 1.165) is 6.07 Å². The molecule has 4 N–H and O–H groups in total. The number of nitrogens with one attached hydrogen (secondary N) is 1. The highest BCUT2D eigenvalue weighted by Crippen LogP contribution is 2.16. The van der Waals surface area contributed by atoms with Gasteiger partial charge in [-0.2, -0.15) is 0 Å². The highest BCUT2D eigenvalue weighted by molar-refractivity contribution is 5.92. The molecule has 0 heterocycles. The summed E-state index contributed by atoms with van der Waals surface area (Å²) in [5.41, 5.74) is 5.30. The van der Waals surface area contributed by atoms with E-state index in [1.54, 1.807) is 6.92 Å². The Hall–Kier alpha value is -1.95. The van der Waals surface area contributed by atoms with Gasteiger partial charge in [-0.1, -0.05) is 0 Å². The Morgan fingerprint density at radius 3 is 2.67 bits per heavy atom. The number of carbonyl (C=O) groups excluding carboxylic acids is 1. The van der Waals surface area contributed by atoms with E-state index in [1.165, 1.54) is 12.1 Å². The Morgan fingerprint density at radius 1 is 1.50 bits per heavy atom. The van der Waals surface area contributed by atoms with Gasteiger partial charge in [-0.3, -0.25) is 4.79 Å². The molecule has 1 rings (SSSR count). The number of benzene rings is 1. The van der Waals surface area contributed by atoms with E-state index in [0.29, 0.717) is 6.42 Å². The van der Waals surface area contributed by atoms with Crippen molar-refractivity contribution in [1.82, 2.24) is 0 Å². The van der Waals surface area contributed by atoms with E-state index in [4.69, 9.17) is 10.8 Å². The minimum atomic E-state index is -1.22. The zero-order valence-electron chi connectivity index (χ0n) is 9.94. The third kappa shape index (κ3) is 4.14. The molecule has 98 valence electrons. The summed E-state index contributed by atoms with van der Waals surface area (Å²) in [6, 6.07) is 3.22. The largest absolute Gasteiger partial charge is 0.478 e. The molecule has 0 saturated carbocycles. The fourth-order valence-corrected chi connectivity index (χ4v) is 1.32. The van der Waals surface area contributed by atoms with Crippen LogP contribution in [0.3, 0.4) is 0 Å². The van der Waals surface area contributed by atoms with E-state index in [2.05, 4.69) is 5.32 Å². The van der Waals surface area contributed by atoms with Crippen LogP contribution in [-0.4, -0.2) is 23.0 Å². The van der Waals surface area contributed by atoms with E-state index >= 15 is 0 Å². The molecule has 0 fully saturated rings. The first-order valence-corrected chi connectivity index (χ1v) is 5.48. The van der Waals surface area contributed by atoms with E-state index in [9.17, 15) is 14.0 Å². The van der Waals surface area contributed by atoms with Crippen molar-refractivity contribution in [1.29, 1.82) is 0 Å². The van der Waals surface area contributed by atoms with Crippen LogP contribution in [0.25, 0.3) is 0 Å². The fraction of sp³-hybridized carbons (Fsp3) is 0.333. The normalized spacial score (nSPS) is 11.9. The maximum absolute atomic E-state index is 13.5. The molecule has 6 heteroatoms. The van der Waals surface area contributed by atoms with Crippen LogP contribution in [0.2, 0.25) is 0 Å². The van der Waals surface area contributed by atoms with Gasteiger partial charge in [-0.25, -0.2) is 9.18 Å². The minimum Gasteiger partial charge on any atom is -0.478 e. The van der Waals surface area contributed by atoms with Crippen LogP contribution in [0.4, 0.5) is 10.1 Å². The second-order valence-corrected chi connectivity index (χ2v) is 4.06. The van der Waals surface area contributed by atoms with Crippen LogP contribution in [-0.2, 0) is 4.79 Å². The Labute approximate surface area is 104 Å². The Morgan fingerprint density at radius 2 is 2.17 bits per heavy atom. The first-order valence-electron chi connectivity index (χ1n) is 5.48. The van der Waals surface area contributed by atoms with Gasteiger partial charge in [0.25, 0.3) is 0 Å². The lowest BCUT2D eigenvalue weighted by Crippen LogP contribution is -2.19. The maximum Gasteiger partial charge on any atom is 0.335 e. The van der Waals surface area contributed by atoms with Crippen molar-refractivity contribution in [2.24, 2.45) is 5.73 Å². The summed E-state index contributed by atoms with van der Waals surface area (Å²) in [7, 11) is 0. The molecule has 5 nitrogen and oxygen atoms in total. The molecule has 1 atom stereocenters. The van der Waals surface area contributed by atoms with Gasteiger partial charge in [-0.15, -0.1) is 0 Å².